The van der Waals surface area contributed by atoms with Gasteiger partial charge in [-0.1, -0.05) is 36.4 Å². The van der Waals surface area contributed by atoms with Crippen LogP contribution in [0.15, 0.2) is 72.8 Å². The molecule has 0 unspecified atom stereocenters. The Hall–Kier alpha value is -3.12. The number of thiazole rings is 1. The normalized spacial score (nSPS) is 21.6. The maximum atomic E-state index is 13.7. The standard InChI is InChI=1S/C27H21F3N2S/c1-15-9-11-23-24(13-15)33-26(32-23)16-10-12-22-20(14-16)17-6-4-7-18(17)25(31-22)19-5-2-3-8-21(19)27(28,29)30/h2-6,8-14,17-18,25,31H,7H2,1H3/t17-,18+,25-/m1/s1. The van der Waals surface area contributed by atoms with Gasteiger partial charge >= 0.3 is 6.18 Å². The minimum atomic E-state index is -4.38. The number of rotatable bonds is 2. The SMILES string of the molecule is Cc1ccc2nc(-c3ccc4c(c3)[C@@H]3C=CC[C@@H]3[C@H](c3ccccc3C(F)(F)F)N4)sc2c1. The van der Waals surface area contributed by atoms with E-state index in [2.05, 4.69) is 42.6 Å². The lowest BCUT2D eigenvalue weighted by Gasteiger charge is -2.38. The second-order valence-corrected chi connectivity index (χ2v) is 9.88. The maximum absolute atomic E-state index is 13.7. The van der Waals surface area contributed by atoms with Gasteiger partial charge in [0.25, 0.3) is 0 Å². The fraction of sp³-hybridized carbons (Fsp3) is 0.222. The van der Waals surface area contributed by atoms with Crippen LogP contribution < -0.4 is 5.32 Å². The molecule has 2 heterocycles. The van der Waals surface area contributed by atoms with E-state index in [1.165, 1.54) is 17.7 Å². The van der Waals surface area contributed by atoms with Crippen LogP contribution in [0, 0.1) is 12.8 Å². The van der Waals surface area contributed by atoms with Crippen molar-refractivity contribution in [3.63, 3.8) is 0 Å². The fourth-order valence-electron chi connectivity index (χ4n) is 5.22. The van der Waals surface area contributed by atoms with Crippen molar-refractivity contribution in [2.24, 2.45) is 5.92 Å². The van der Waals surface area contributed by atoms with Gasteiger partial charge in [0.2, 0.25) is 0 Å². The maximum Gasteiger partial charge on any atom is 0.416 e. The average molecular weight is 463 g/mol. The third-order valence-corrected chi connectivity index (χ3v) is 7.82. The molecule has 0 fully saturated rings. The van der Waals surface area contributed by atoms with Gasteiger partial charge in [0, 0.05) is 17.2 Å². The molecular weight excluding hydrogens is 441 g/mol. The summed E-state index contributed by atoms with van der Waals surface area (Å²) in [6.45, 7) is 2.07. The number of hydrogen-bond acceptors (Lipinski definition) is 3. The molecule has 4 aromatic rings. The zero-order chi connectivity index (χ0) is 22.7. The van der Waals surface area contributed by atoms with Gasteiger partial charge in [-0.15, -0.1) is 11.3 Å². The highest BCUT2D eigenvalue weighted by Crippen LogP contribution is 2.52. The van der Waals surface area contributed by atoms with Crippen LogP contribution >= 0.6 is 11.3 Å². The lowest BCUT2D eigenvalue weighted by molar-refractivity contribution is -0.138. The molecule has 6 rings (SSSR count). The number of hydrogen-bond donors (Lipinski definition) is 1. The first-order valence-electron chi connectivity index (χ1n) is 11.0. The third-order valence-electron chi connectivity index (χ3n) is 6.75. The van der Waals surface area contributed by atoms with E-state index in [1.807, 2.05) is 18.2 Å². The van der Waals surface area contributed by atoms with Gasteiger partial charge in [0.1, 0.15) is 5.01 Å². The Morgan fingerprint density at radius 1 is 1.00 bits per heavy atom. The molecular formula is C27H21F3N2S. The van der Waals surface area contributed by atoms with Crippen molar-refractivity contribution in [1.82, 2.24) is 4.98 Å². The summed E-state index contributed by atoms with van der Waals surface area (Å²) in [7, 11) is 0. The van der Waals surface area contributed by atoms with Gasteiger partial charge in [-0.05, 0) is 72.4 Å². The van der Waals surface area contributed by atoms with E-state index in [-0.39, 0.29) is 11.8 Å². The fourth-order valence-corrected chi connectivity index (χ4v) is 6.28. The van der Waals surface area contributed by atoms with Crippen LogP contribution in [0.1, 0.15) is 40.6 Å². The van der Waals surface area contributed by atoms with Gasteiger partial charge in [0.15, 0.2) is 0 Å². The monoisotopic (exact) mass is 462 g/mol. The van der Waals surface area contributed by atoms with E-state index < -0.39 is 17.8 Å². The molecule has 6 heteroatoms. The Balaban J connectivity index is 1.42. The molecule has 0 amide bonds. The molecule has 2 aliphatic rings. The molecule has 1 aliphatic carbocycles. The Kier molecular flexibility index (Phi) is 4.63. The minimum absolute atomic E-state index is 0.0364. The lowest BCUT2D eigenvalue weighted by Crippen LogP contribution is -2.30. The molecule has 1 aromatic heterocycles. The van der Waals surface area contributed by atoms with Crippen LogP contribution in [-0.2, 0) is 6.18 Å². The molecule has 166 valence electrons. The molecule has 3 atom stereocenters. The number of alkyl halides is 3. The zero-order valence-electron chi connectivity index (χ0n) is 17.9. The van der Waals surface area contributed by atoms with Gasteiger partial charge in [-0.25, -0.2) is 4.98 Å². The molecule has 1 aliphatic heterocycles. The first-order chi connectivity index (χ1) is 15.9. The van der Waals surface area contributed by atoms with Crippen LogP contribution in [0.4, 0.5) is 18.9 Å². The summed E-state index contributed by atoms with van der Waals surface area (Å²) >= 11 is 1.67. The summed E-state index contributed by atoms with van der Waals surface area (Å²) in [6, 6.07) is 18.0. The highest BCUT2D eigenvalue weighted by Gasteiger charge is 2.42. The number of fused-ring (bicyclic) bond motifs is 4. The predicted molar refractivity (Wildman–Crippen MR) is 128 cm³/mol. The van der Waals surface area contributed by atoms with Gasteiger partial charge < -0.3 is 5.32 Å². The predicted octanol–water partition coefficient (Wildman–Crippen LogP) is 8.12. The molecule has 0 saturated heterocycles. The Labute approximate surface area is 193 Å². The van der Waals surface area contributed by atoms with Gasteiger partial charge in [-0.3, -0.25) is 0 Å². The molecule has 0 radical (unpaired) electrons. The molecule has 0 bridgehead atoms. The Bertz CT molecular complexity index is 1400. The highest BCUT2D eigenvalue weighted by atomic mass is 32.1. The summed E-state index contributed by atoms with van der Waals surface area (Å²) in [5, 5.41) is 4.41. The number of nitrogens with zero attached hydrogens (tertiary/aromatic N) is 1. The van der Waals surface area contributed by atoms with E-state index in [0.717, 1.165) is 38.5 Å². The highest BCUT2D eigenvalue weighted by molar-refractivity contribution is 7.21. The summed E-state index contributed by atoms with van der Waals surface area (Å²) in [6.07, 6.45) is 0.620. The van der Waals surface area contributed by atoms with Crippen molar-refractivity contribution in [3.05, 3.63) is 95.1 Å². The largest absolute Gasteiger partial charge is 0.416 e. The van der Waals surface area contributed by atoms with Crippen molar-refractivity contribution >= 4 is 27.2 Å². The van der Waals surface area contributed by atoms with Crippen LogP contribution in [-0.4, -0.2) is 4.98 Å². The van der Waals surface area contributed by atoms with Crippen LogP contribution in [0.25, 0.3) is 20.8 Å². The Morgan fingerprint density at radius 3 is 2.70 bits per heavy atom. The molecule has 3 aromatic carbocycles. The van der Waals surface area contributed by atoms with E-state index in [9.17, 15) is 13.2 Å². The van der Waals surface area contributed by atoms with E-state index >= 15 is 0 Å². The quantitative estimate of drug-likeness (QED) is 0.304. The third kappa shape index (κ3) is 3.44. The van der Waals surface area contributed by atoms with Crippen LogP contribution in [0.5, 0.6) is 0 Å². The number of nitrogens with one attached hydrogen (secondary N) is 1. The summed E-state index contributed by atoms with van der Waals surface area (Å²) < 4.78 is 42.4. The first-order valence-corrected chi connectivity index (χ1v) is 11.8. The first kappa shape index (κ1) is 20.5. The molecule has 0 saturated carbocycles. The number of aromatic nitrogens is 1. The van der Waals surface area contributed by atoms with Crippen molar-refractivity contribution in [3.8, 4) is 10.6 Å². The van der Waals surface area contributed by atoms with Crippen molar-refractivity contribution < 1.29 is 13.2 Å². The molecule has 1 N–H and O–H groups in total. The second kappa shape index (κ2) is 7.45. The number of allylic oxidation sites excluding steroid dienone is 2. The van der Waals surface area contributed by atoms with Crippen molar-refractivity contribution in [2.75, 3.05) is 5.32 Å². The summed E-state index contributed by atoms with van der Waals surface area (Å²) in [4.78, 5) is 4.81. The lowest BCUT2D eigenvalue weighted by atomic mass is 9.75. The number of halogens is 3. The van der Waals surface area contributed by atoms with Crippen LogP contribution in [0.2, 0.25) is 0 Å². The van der Waals surface area contributed by atoms with E-state index in [4.69, 9.17) is 4.98 Å². The number of anilines is 1. The number of benzene rings is 3. The minimum Gasteiger partial charge on any atom is -0.378 e. The van der Waals surface area contributed by atoms with Gasteiger partial charge in [0.05, 0.1) is 21.8 Å². The van der Waals surface area contributed by atoms with Crippen LogP contribution in [0.3, 0.4) is 0 Å². The topological polar surface area (TPSA) is 24.9 Å². The van der Waals surface area contributed by atoms with Crippen molar-refractivity contribution in [2.45, 2.75) is 31.5 Å². The summed E-state index contributed by atoms with van der Waals surface area (Å²) in [5.74, 6) is 0.110. The number of aryl methyl sites for hydroxylation is 1. The zero-order valence-corrected chi connectivity index (χ0v) is 18.7. The smallest absolute Gasteiger partial charge is 0.378 e. The summed E-state index contributed by atoms with van der Waals surface area (Å²) in [5.41, 5.74) is 5.02. The molecule has 0 spiro atoms. The molecule has 2 nitrogen and oxygen atoms in total. The van der Waals surface area contributed by atoms with E-state index in [1.54, 1.807) is 23.5 Å². The Morgan fingerprint density at radius 2 is 1.85 bits per heavy atom. The second-order valence-electron chi connectivity index (χ2n) is 8.85. The molecule has 33 heavy (non-hydrogen) atoms. The van der Waals surface area contributed by atoms with E-state index in [0.29, 0.717) is 5.56 Å². The average Bonchev–Trinajstić information content (AvgIpc) is 3.45. The van der Waals surface area contributed by atoms with Gasteiger partial charge in [-0.2, -0.15) is 13.2 Å². The van der Waals surface area contributed by atoms with Crippen molar-refractivity contribution in [1.29, 1.82) is 0 Å².